The van der Waals surface area contributed by atoms with E-state index in [2.05, 4.69) is 21.7 Å². The third-order valence-corrected chi connectivity index (χ3v) is 5.11. The Kier molecular flexibility index (Phi) is 5.49. The van der Waals surface area contributed by atoms with Crippen LogP contribution in [0.3, 0.4) is 0 Å². The van der Waals surface area contributed by atoms with Gasteiger partial charge in [-0.3, -0.25) is 4.79 Å². The minimum atomic E-state index is 0.159. The van der Waals surface area contributed by atoms with Crippen molar-refractivity contribution >= 4 is 16.9 Å². The highest BCUT2D eigenvalue weighted by Crippen LogP contribution is 2.17. The van der Waals surface area contributed by atoms with Gasteiger partial charge in [-0.05, 0) is 30.5 Å². The van der Waals surface area contributed by atoms with Crippen LogP contribution in [0.15, 0.2) is 60.9 Å². The summed E-state index contributed by atoms with van der Waals surface area (Å²) in [6.45, 7) is 2.73. The molecule has 1 aliphatic heterocycles. The van der Waals surface area contributed by atoms with Crippen LogP contribution in [0.2, 0.25) is 0 Å². The van der Waals surface area contributed by atoms with Crippen LogP contribution in [-0.2, 0) is 22.6 Å². The first-order valence-electron chi connectivity index (χ1n) is 9.63. The Morgan fingerprint density at radius 1 is 1.15 bits per heavy atom. The standard InChI is InChI=1S/C22H25N3O2/c26-22(12-13-24-17-23-20-10-4-5-11-21(20)24)25(16-19-9-6-14-27-19)15-18-7-2-1-3-8-18/h1-5,7-8,10-11,17,19H,6,9,12-16H2. The normalized spacial score (nSPS) is 16.7. The molecule has 1 aromatic heterocycles. The van der Waals surface area contributed by atoms with Crippen LogP contribution in [0.5, 0.6) is 0 Å². The minimum absolute atomic E-state index is 0.159. The maximum Gasteiger partial charge on any atom is 0.224 e. The number of carbonyl (C=O) groups is 1. The fraction of sp³-hybridized carbons (Fsp3) is 0.364. The summed E-state index contributed by atoms with van der Waals surface area (Å²) in [4.78, 5) is 19.4. The number of hydrogen-bond donors (Lipinski definition) is 0. The Morgan fingerprint density at radius 2 is 1.96 bits per heavy atom. The second-order valence-corrected chi connectivity index (χ2v) is 7.07. The summed E-state index contributed by atoms with van der Waals surface area (Å²) in [6.07, 6.45) is 4.55. The Bertz CT molecular complexity index is 885. The molecular formula is C22H25N3O2. The van der Waals surface area contributed by atoms with E-state index in [1.807, 2.05) is 53.7 Å². The lowest BCUT2D eigenvalue weighted by Gasteiger charge is -2.26. The number of benzene rings is 2. The molecule has 4 rings (SSSR count). The predicted molar refractivity (Wildman–Crippen MR) is 105 cm³/mol. The number of imidazole rings is 1. The van der Waals surface area contributed by atoms with Crippen molar-refractivity contribution in [3.8, 4) is 0 Å². The van der Waals surface area contributed by atoms with Gasteiger partial charge in [0.1, 0.15) is 0 Å². The fourth-order valence-corrected chi connectivity index (χ4v) is 3.66. The van der Waals surface area contributed by atoms with E-state index in [9.17, 15) is 4.79 Å². The van der Waals surface area contributed by atoms with Crippen molar-refractivity contribution in [2.75, 3.05) is 13.2 Å². The molecular weight excluding hydrogens is 338 g/mol. The summed E-state index contributed by atoms with van der Waals surface area (Å²) in [6, 6.07) is 18.2. The van der Waals surface area contributed by atoms with E-state index < -0.39 is 0 Å². The van der Waals surface area contributed by atoms with Crippen molar-refractivity contribution in [2.45, 2.75) is 38.5 Å². The SMILES string of the molecule is O=C(CCn1cnc2ccccc21)N(Cc1ccccc1)CC1CCCO1. The minimum Gasteiger partial charge on any atom is -0.376 e. The number of rotatable bonds is 7. The quantitative estimate of drug-likeness (QED) is 0.644. The first kappa shape index (κ1) is 17.7. The highest BCUT2D eigenvalue weighted by Gasteiger charge is 2.22. The Morgan fingerprint density at radius 3 is 2.78 bits per heavy atom. The summed E-state index contributed by atoms with van der Waals surface area (Å²) >= 11 is 0. The number of ether oxygens (including phenoxy) is 1. The molecule has 5 heteroatoms. The molecule has 0 spiro atoms. The molecule has 3 aromatic rings. The molecule has 1 unspecified atom stereocenters. The zero-order valence-corrected chi connectivity index (χ0v) is 15.5. The van der Waals surface area contributed by atoms with E-state index >= 15 is 0 Å². The maximum absolute atomic E-state index is 13.0. The van der Waals surface area contributed by atoms with E-state index in [-0.39, 0.29) is 12.0 Å². The molecule has 0 aliphatic carbocycles. The summed E-state index contributed by atoms with van der Waals surface area (Å²) < 4.78 is 7.83. The first-order chi connectivity index (χ1) is 13.3. The fourth-order valence-electron chi connectivity index (χ4n) is 3.66. The number of amides is 1. The summed E-state index contributed by atoms with van der Waals surface area (Å²) in [5.41, 5.74) is 3.18. The molecule has 5 nitrogen and oxygen atoms in total. The number of carbonyl (C=O) groups excluding carboxylic acids is 1. The lowest BCUT2D eigenvalue weighted by Crippen LogP contribution is -2.37. The van der Waals surface area contributed by atoms with Crippen molar-refractivity contribution in [3.63, 3.8) is 0 Å². The third-order valence-electron chi connectivity index (χ3n) is 5.11. The molecule has 0 saturated carbocycles. The predicted octanol–water partition coefficient (Wildman–Crippen LogP) is 3.63. The molecule has 1 amide bonds. The van der Waals surface area contributed by atoms with Gasteiger partial charge >= 0.3 is 0 Å². The largest absolute Gasteiger partial charge is 0.376 e. The maximum atomic E-state index is 13.0. The van der Waals surface area contributed by atoms with Gasteiger partial charge in [-0.15, -0.1) is 0 Å². The number of nitrogens with zero attached hydrogens (tertiary/aromatic N) is 3. The van der Waals surface area contributed by atoms with Crippen LogP contribution >= 0.6 is 0 Å². The van der Waals surface area contributed by atoms with Crippen molar-refractivity contribution in [1.82, 2.24) is 14.5 Å². The Hall–Kier alpha value is -2.66. The van der Waals surface area contributed by atoms with Crippen LogP contribution < -0.4 is 0 Å². The smallest absolute Gasteiger partial charge is 0.224 e. The molecule has 1 saturated heterocycles. The van der Waals surface area contributed by atoms with Gasteiger partial charge in [0.05, 0.1) is 23.5 Å². The molecule has 0 bridgehead atoms. The lowest BCUT2D eigenvalue weighted by molar-refractivity contribution is -0.133. The summed E-state index contributed by atoms with van der Waals surface area (Å²) in [5.74, 6) is 0.159. The van der Waals surface area contributed by atoms with Crippen molar-refractivity contribution in [3.05, 3.63) is 66.5 Å². The second-order valence-electron chi connectivity index (χ2n) is 7.07. The molecule has 1 fully saturated rings. The number of hydrogen-bond acceptors (Lipinski definition) is 3. The van der Waals surface area contributed by atoms with Gasteiger partial charge in [0, 0.05) is 32.7 Å². The van der Waals surface area contributed by atoms with E-state index in [1.165, 1.54) is 0 Å². The van der Waals surface area contributed by atoms with E-state index in [4.69, 9.17) is 4.74 Å². The average Bonchev–Trinajstić information content (AvgIpc) is 3.36. The summed E-state index contributed by atoms with van der Waals surface area (Å²) in [7, 11) is 0. The van der Waals surface area contributed by atoms with Crippen LogP contribution in [-0.4, -0.2) is 39.6 Å². The van der Waals surface area contributed by atoms with Gasteiger partial charge in [0.25, 0.3) is 0 Å². The summed E-state index contributed by atoms with van der Waals surface area (Å²) in [5, 5.41) is 0. The van der Waals surface area contributed by atoms with Crippen molar-refractivity contribution < 1.29 is 9.53 Å². The first-order valence-corrected chi connectivity index (χ1v) is 9.63. The number of aryl methyl sites for hydroxylation is 1. The third kappa shape index (κ3) is 4.37. The molecule has 1 atom stereocenters. The Balaban J connectivity index is 1.44. The molecule has 1 aliphatic rings. The molecule has 2 aromatic carbocycles. The number of aromatic nitrogens is 2. The zero-order valence-electron chi connectivity index (χ0n) is 15.5. The van der Waals surface area contributed by atoms with Crippen LogP contribution in [0.4, 0.5) is 0 Å². The highest BCUT2D eigenvalue weighted by atomic mass is 16.5. The highest BCUT2D eigenvalue weighted by molar-refractivity contribution is 5.77. The Labute approximate surface area is 159 Å². The van der Waals surface area contributed by atoms with Crippen LogP contribution in [0.1, 0.15) is 24.8 Å². The van der Waals surface area contributed by atoms with Crippen LogP contribution in [0.25, 0.3) is 11.0 Å². The van der Waals surface area contributed by atoms with Gasteiger partial charge in [-0.25, -0.2) is 4.98 Å². The number of para-hydroxylation sites is 2. The average molecular weight is 363 g/mol. The van der Waals surface area contributed by atoms with Gasteiger partial charge in [0.2, 0.25) is 5.91 Å². The number of fused-ring (bicyclic) bond motifs is 1. The lowest BCUT2D eigenvalue weighted by atomic mass is 10.1. The van der Waals surface area contributed by atoms with Gasteiger partial charge in [-0.2, -0.15) is 0 Å². The molecule has 2 heterocycles. The van der Waals surface area contributed by atoms with Crippen molar-refractivity contribution in [2.24, 2.45) is 0 Å². The molecule has 27 heavy (non-hydrogen) atoms. The van der Waals surface area contributed by atoms with E-state index in [0.717, 1.165) is 36.0 Å². The van der Waals surface area contributed by atoms with E-state index in [0.29, 0.717) is 26.1 Å². The monoisotopic (exact) mass is 363 g/mol. The van der Waals surface area contributed by atoms with Gasteiger partial charge < -0.3 is 14.2 Å². The molecule has 140 valence electrons. The topological polar surface area (TPSA) is 47.4 Å². The van der Waals surface area contributed by atoms with E-state index in [1.54, 1.807) is 0 Å². The zero-order chi connectivity index (χ0) is 18.5. The van der Waals surface area contributed by atoms with Gasteiger partial charge in [0.15, 0.2) is 0 Å². The van der Waals surface area contributed by atoms with Crippen molar-refractivity contribution in [1.29, 1.82) is 0 Å². The van der Waals surface area contributed by atoms with Gasteiger partial charge in [-0.1, -0.05) is 42.5 Å². The van der Waals surface area contributed by atoms with Crippen LogP contribution in [0, 0.1) is 0 Å². The molecule has 0 N–H and O–H groups in total. The second kappa shape index (κ2) is 8.35. The molecule has 0 radical (unpaired) electrons.